The molecule has 1 heterocycles. The Labute approximate surface area is 130 Å². The van der Waals surface area contributed by atoms with Crippen molar-refractivity contribution in [3.05, 3.63) is 29.1 Å². The molecule has 21 heavy (non-hydrogen) atoms. The fourth-order valence-electron chi connectivity index (χ4n) is 3.91. The molecular formula is C19H32N2. The minimum Gasteiger partial charge on any atom is -0.310 e. The Morgan fingerprint density at radius 1 is 1.19 bits per heavy atom. The summed E-state index contributed by atoms with van der Waals surface area (Å²) in [5, 5.41) is 3.83. The molecule has 0 saturated heterocycles. The SMILES string of the molecule is CCCNC(c1cc(C)nc(C)c1)C1CCCC(CC)C1. The van der Waals surface area contributed by atoms with Crippen molar-refractivity contribution >= 4 is 0 Å². The minimum atomic E-state index is 0.514. The molecule has 0 radical (unpaired) electrons. The van der Waals surface area contributed by atoms with E-state index in [0.29, 0.717) is 6.04 Å². The maximum absolute atomic E-state index is 4.55. The van der Waals surface area contributed by atoms with Crippen molar-refractivity contribution in [3.8, 4) is 0 Å². The van der Waals surface area contributed by atoms with Crippen LogP contribution >= 0.6 is 0 Å². The van der Waals surface area contributed by atoms with E-state index in [-0.39, 0.29) is 0 Å². The lowest BCUT2D eigenvalue weighted by Crippen LogP contribution is -2.32. The zero-order valence-corrected chi connectivity index (χ0v) is 14.3. The van der Waals surface area contributed by atoms with E-state index in [0.717, 1.165) is 29.8 Å². The largest absolute Gasteiger partial charge is 0.310 e. The zero-order chi connectivity index (χ0) is 15.2. The average molecular weight is 288 g/mol. The van der Waals surface area contributed by atoms with Crippen LogP contribution in [0.3, 0.4) is 0 Å². The number of nitrogens with zero attached hydrogens (tertiary/aromatic N) is 1. The van der Waals surface area contributed by atoms with Crippen molar-refractivity contribution < 1.29 is 0 Å². The molecule has 1 aromatic rings. The quantitative estimate of drug-likeness (QED) is 0.800. The van der Waals surface area contributed by atoms with Crippen LogP contribution in [0.5, 0.6) is 0 Å². The van der Waals surface area contributed by atoms with E-state index in [1.807, 2.05) is 0 Å². The van der Waals surface area contributed by atoms with E-state index in [2.05, 4.69) is 50.1 Å². The summed E-state index contributed by atoms with van der Waals surface area (Å²) < 4.78 is 0. The molecule has 0 aromatic carbocycles. The van der Waals surface area contributed by atoms with Gasteiger partial charge in [0.05, 0.1) is 0 Å². The van der Waals surface area contributed by atoms with Gasteiger partial charge in [-0.1, -0.05) is 33.1 Å². The first-order chi connectivity index (χ1) is 10.1. The number of rotatable bonds is 6. The van der Waals surface area contributed by atoms with E-state index < -0.39 is 0 Å². The third-order valence-electron chi connectivity index (χ3n) is 4.95. The number of aromatic nitrogens is 1. The Kier molecular flexibility index (Phi) is 6.22. The molecule has 1 aliphatic carbocycles. The Morgan fingerprint density at radius 2 is 1.90 bits per heavy atom. The predicted octanol–water partition coefficient (Wildman–Crippen LogP) is 4.96. The Morgan fingerprint density at radius 3 is 2.52 bits per heavy atom. The van der Waals surface area contributed by atoms with Crippen LogP contribution in [0.25, 0.3) is 0 Å². The summed E-state index contributed by atoms with van der Waals surface area (Å²) in [6, 6.07) is 5.09. The fraction of sp³-hybridized carbons (Fsp3) is 0.737. The van der Waals surface area contributed by atoms with Crippen LogP contribution in [-0.4, -0.2) is 11.5 Å². The molecule has 2 heteroatoms. The molecule has 0 aliphatic heterocycles. The number of nitrogens with one attached hydrogen (secondary N) is 1. The first kappa shape index (κ1) is 16.5. The van der Waals surface area contributed by atoms with Gasteiger partial charge in [0.1, 0.15) is 0 Å². The highest BCUT2D eigenvalue weighted by atomic mass is 14.9. The second-order valence-electron chi connectivity index (χ2n) is 6.82. The molecule has 1 N–H and O–H groups in total. The summed E-state index contributed by atoms with van der Waals surface area (Å²) in [5.41, 5.74) is 3.75. The third kappa shape index (κ3) is 4.54. The topological polar surface area (TPSA) is 24.9 Å². The Balaban J connectivity index is 2.20. The molecule has 0 spiro atoms. The molecule has 1 fully saturated rings. The van der Waals surface area contributed by atoms with Gasteiger partial charge in [-0.25, -0.2) is 0 Å². The molecule has 0 amide bonds. The number of hydrogen-bond donors (Lipinski definition) is 1. The van der Waals surface area contributed by atoms with E-state index in [1.54, 1.807) is 0 Å². The zero-order valence-electron chi connectivity index (χ0n) is 14.3. The molecule has 2 rings (SSSR count). The number of aryl methyl sites for hydroxylation is 2. The normalized spacial score (nSPS) is 24.0. The van der Waals surface area contributed by atoms with Crippen LogP contribution in [-0.2, 0) is 0 Å². The third-order valence-corrected chi connectivity index (χ3v) is 4.95. The lowest BCUT2D eigenvalue weighted by Gasteiger charge is -2.35. The summed E-state index contributed by atoms with van der Waals surface area (Å²) in [6.07, 6.45) is 8.13. The van der Waals surface area contributed by atoms with Crippen molar-refractivity contribution in [1.29, 1.82) is 0 Å². The Bertz CT molecular complexity index is 421. The van der Waals surface area contributed by atoms with Gasteiger partial charge in [0.2, 0.25) is 0 Å². The first-order valence-corrected chi connectivity index (χ1v) is 8.82. The minimum absolute atomic E-state index is 0.514. The van der Waals surface area contributed by atoms with Crippen LogP contribution in [0.1, 0.15) is 75.4 Å². The van der Waals surface area contributed by atoms with Crippen molar-refractivity contribution in [1.82, 2.24) is 10.3 Å². The van der Waals surface area contributed by atoms with Gasteiger partial charge in [-0.3, -0.25) is 4.98 Å². The maximum Gasteiger partial charge on any atom is 0.0379 e. The standard InChI is InChI=1S/C19H32N2/c1-5-10-20-19(17-9-7-8-16(6-2)13-17)18-11-14(3)21-15(4)12-18/h11-12,16-17,19-20H,5-10,13H2,1-4H3. The molecule has 1 aromatic heterocycles. The smallest absolute Gasteiger partial charge is 0.0379 e. The van der Waals surface area contributed by atoms with Crippen molar-refractivity contribution in [2.75, 3.05) is 6.54 Å². The van der Waals surface area contributed by atoms with E-state index in [1.165, 1.54) is 44.1 Å². The van der Waals surface area contributed by atoms with E-state index in [9.17, 15) is 0 Å². The van der Waals surface area contributed by atoms with Gasteiger partial charge in [0.15, 0.2) is 0 Å². The molecule has 3 unspecified atom stereocenters. The highest BCUT2D eigenvalue weighted by molar-refractivity contribution is 5.24. The molecule has 0 bridgehead atoms. The van der Waals surface area contributed by atoms with Gasteiger partial charge in [0.25, 0.3) is 0 Å². The van der Waals surface area contributed by atoms with Gasteiger partial charge in [-0.2, -0.15) is 0 Å². The average Bonchev–Trinajstić information content (AvgIpc) is 2.47. The van der Waals surface area contributed by atoms with Crippen molar-refractivity contribution in [2.45, 2.75) is 72.3 Å². The van der Waals surface area contributed by atoms with Gasteiger partial charge >= 0.3 is 0 Å². The van der Waals surface area contributed by atoms with Crippen LogP contribution in [0.4, 0.5) is 0 Å². The number of hydrogen-bond acceptors (Lipinski definition) is 2. The molecule has 1 aliphatic rings. The lowest BCUT2D eigenvalue weighted by atomic mass is 9.75. The second-order valence-corrected chi connectivity index (χ2v) is 6.82. The van der Waals surface area contributed by atoms with E-state index >= 15 is 0 Å². The van der Waals surface area contributed by atoms with Crippen LogP contribution in [0.2, 0.25) is 0 Å². The van der Waals surface area contributed by atoms with Gasteiger partial charge < -0.3 is 5.32 Å². The summed E-state index contributed by atoms with van der Waals surface area (Å²) in [4.78, 5) is 4.55. The number of pyridine rings is 1. The summed E-state index contributed by atoms with van der Waals surface area (Å²) in [5.74, 6) is 1.72. The summed E-state index contributed by atoms with van der Waals surface area (Å²) >= 11 is 0. The van der Waals surface area contributed by atoms with Crippen LogP contribution in [0, 0.1) is 25.7 Å². The van der Waals surface area contributed by atoms with Crippen LogP contribution < -0.4 is 5.32 Å². The predicted molar refractivity (Wildman–Crippen MR) is 90.5 cm³/mol. The van der Waals surface area contributed by atoms with Gasteiger partial charge in [-0.15, -0.1) is 0 Å². The van der Waals surface area contributed by atoms with E-state index in [4.69, 9.17) is 0 Å². The van der Waals surface area contributed by atoms with Gasteiger partial charge in [0, 0.05) is 17.4 Å². The first-order valence-electron chi connectivity index (χ1n) is 8.82. The molecule has 2 nitrogen and oxygen atoms in total. The highest BCUT2D eigenvalue weighted by Gasteiger charge is 2.28. The van der Waals surface area contributed by atoms with Gasteiger partial charge in [-0.05, 0) is 69.2 Å². The fourth-order valence-corrected chi connectivity index (χ4v) is 3.91. The highest BCUT2D eigenvalue weighted by Crippen LogP contribution is 2.38. The molecule has 3 atom stereocenters. The van der Waals surface area contributed by atoms with Crippen molar-refractivity contribution in [3.63, 3.8) is 0 Å². The molecule has 118 valence electrons. The lowest BCUT2D eigenvalue weighted by molar-refractivity contribution is 0.209. The molecule has 1 saturated carbocycles. The van der Waals surface area contributed by atoms with Crippen molar-refractivity contribution in [2.24, 2.45) is 11.8 Å². The summed E-state index contributed by atoms with van der Waals surface area (Å²) in [6.45, 7) is 9.94. The molecular weight excluding hydrogens is 256 g/mol. The maximum atomic E-state index is 4.55. The monoisotopic (exact) mass is 288 g/mol. The van der Waals surface area contributed by atoms with Crippen LogP contribution in [0.15, 0.2) is 12.1 Å². The second kappa shape index (κ2) is 7.93. The Hall–Kier alpha value is -0.890. The summed E-state index contributed by atoms with van der Waals surface area (Å²) in [7, 11) is 0.